The van der Waals surface area contributed by atoms with Crippen molar-refractivity contribution in [2.75, 3.05) is 19.3 Å². The number of carbonyl (C=O) groups excluding carboxylic acids is 3. The minimum absolute atomic E-state index is 0.0566. The molecule has 2 heterocycles. The number of sulfone groups is 1. The lowest BCUT2D eigenvalue weighted by atomic mass is 9.72. The van der Waals surface area contributed by atoms with E-state index in [9.17, 15) is 27.9 Å². The van der Waals surface area contributed by atoms with Crippen LogP contribution in [0.5, 0.6) is 0 Å². The van der Waals surface area contributed by atoms with E-state index in [-0.39, 0.29) is 24.6 Å². The van der Waals surface area contributed by atoms with Crippen LogP contribution in [-0.4, -0.2) is 99.8 Å². The largest absolute Gasteiger partial charge is 0.390 e. The van der Waals surface area contributed by atoms with Crippen molar-refractivity contribution in [3.8, 4) is 0 Å². The Morgan fingerprint density at radius 2 is 1.58 bits per heavy atom. The molecule has 1 aromatic heterocycles. The minimum atomic E-state index is -3.90. The van der Waals surface area contributed by atoms with E-state index in [1.807, 2.05) is 78.8 Å². The number of amides is 3. The van der Waals surface area contributed by atoms with E-state index in [2.05, 4.69) is 25.9 Å². The molecule has 4 rings (SSSR count). The highest BCUT2D eigenvalue weighted by atomic mass is 32.2. The van der Waals surface area contributed by atoms with Gasteiger partial charge in [-0.25, -0.2) is 8.42 Å². The molecule has 1 aliphatic heterocycles. The van der Waals surface area contributed by atoms with Gasteiger partial charge >= 0.3 is 0 Å². The molecule has 52 heavy (non-hydrogen) atoms. The summed E-state index contributed by atoms with van der Waals surface area (Å²) in [6, 6.07) is 8.18. The first-order chi connectivity index (χ1) is 24.0. The Morgan fingerprint density at radius 3 is 2.13 bits per heavy atom. The number of aryl methyl sites for hydroxylation is 1. The van der Waals surface area contributed by atoms with E-state index in [0.29, 0.717) is 24.8 Å². The number of piperidine rings is 1. The summed E-state index contributed by atoms with van der Waals surface area (Å²) >= 11 is 0. The minimum Gasteiger partial charge on any atom is -0.390 e. The number of benzene rings is 1. The van der Waals surface area contributed by atoms with Crippen molar-refractivity contribution in [3.05, 3.63) is 53.3 Å². The first kappa shape index (κ1) is 41.5. The number of nitrogens with zero attached hydrogens (tertiary/aromatic N) is 3. The molecular weight excluding hydrogens is 681 g/mol. The number of nitrogens with one attached hydrogen (secondary N) is 3. The van der Waals surface area contributed by atoms with Crippen LogP contribution in [0, 0.1) is 18.8 Å². The number of likely N-dealkylation sites (tertiary alicyclic amines) is 1. The molecule has 1 saturated carbocycles. The zero-order valence-corrected chi connectivity index (χ0v) is 33.6. The van der Waals surface area contributed by atoms with Crippen LogP contribution in [0.2, 0.25) is 0 Å². The second kappa shape index (κ2) is 16.0. The van der Waals surface area contributed by atoms with Crippen LogP contribution in [0.15, 0.2) is 36.4 Å². The van der Waals surface area contributed by atoms with Crippen LogP contribution >= 0.6 is 0 Å². The summed E-state index contributed by atoms with van der Waals surface area (Å²) in [5.41, 5.74) is 0.806. The molecule has 3 amide bonds. The number of aromatic nitrogens is 2. The average Bonchev–Trinajstić information content (AvgIpc) is 3.44. The molecule has 12 nitrogen and oxygen atoms in total. The summed E-state index contributed by atoms with van der Waals surface area (Å²) in [6.07, 6.45) is 5.31. The van der Waals surface area contributed by atoms with Crippen molar-refractivity contribution in [2.24, 2.45) is 11.8 Å². The molecule has 0 bridgehead atoms. The zero-order chi connectivity index (χ0) is 38.8. The molecule has 2 fully saturated rings. The van der Waals surface area contributed by atoms with Crippen molar-refractivity contribution >= 4 is 27.6 Å². The SMILES string of the molecule is Cc1cc(C(=O)NC(C(=O)NC(Cc2ccccc2)C(O)CN2CC3CCCCC3CC2C(=O)NC(C)(C)C)C(C)(C)S(C)(=O)=O)nn1C(C)(C)C. The Labute approximate surface area is 310 Å². The van der Waals surface area contributed by atoms with Crippen LogP contribution < -0.4 is 16.0 Å². The summed E-state index contributed by atoms with van der Waals surface area (Å²) in [5, 5.41) is 25.2. The van der Waals surface area contributed by atoms with E-state index in [4.69, 9.17) is 0 Å². The third-order valence-electron chi connectivity index (χ3n) is 10.8. The summed E-state index contributed by atoms with van der Waals surface area (Å²) in [7, 11) is -3.90. The zero-order valence-electron chi connectivity index (χ0n) is 32.8. The molecule has 2 aliphatic rings. The van der Waals surface area contributed by atoms with Crippen LogP contribution in [0.3, 0.4) is 0 Å². The van der Waals surface area contributed by atoms with Crippen molar-refractivity contribution in [1.29, 1.82) is 0 Å². The van der Waals surface area contributed by atoms with Crippen LogP contribution in [-0.2, 0) is 31.4 Å². The number of fused-ring (bicyclic) bond motifs is 1. The standard InChI is InChI=1S/C39H62N6O6S/c1-25-20-30(43-45(25)38(5,6)7)34(47)41-33(39(8,9)52(10,50)51)36(49)40-29(21-26-16-12-11-13-17-26)32(46)24-44-23-28-19-15-14-18-27(28)22-31(44)35(48)42-37(2,3)4/h11-13,16-17,20,27-29,31-33,46H,14-15,18-19,21-24H2,1-10H3,(H,40,49)(H,41,47)(H,42,48). The predicted molar refractivity (Wildman–Crippen MR) is 204 cm³/mol. The van der Waals surface area contributed by atoms with E-state index < -0.39 is 61.7 Å². The Kier molecular flexibility index (Phi) is 12.7. The monoisotopic (exact) mass is 742 g/mol. The molecule has 6 unspecified atom stereocenters. The van der Waals surface area contributed by atoms with Gasteiger partial charge in [-0.1, -0.05) is 49.6 Å². The van der Waals surface area contributed by atoms with Gasteiger partial charge < -0.3 is 21.1 Å². The Hall–Kier alpha value is -3.29. The van der Waals surface area contributed by atoms with E-state index in [0.717, 1.165) is 43.2 Å². The van der Waals surface area contributed by atoms with Crippen molar-refractivity contribution in [1.82, 2.24) is 30.6 Å². The van der Waals surface area contributed by atoms with E-state index >= 15 is 0 Å². The van der Waals surface area contributed by atoms with Gasteiger partial charge in [0.1, 0.15) is 11.7 Å². The number of carbonyl (C=O) groups is 3. The van der Waals surface area contributed by atoms with Crippen LogP contribution in [0.1, 0.15) is 109 Å². The number of hydrogen-bond donors (Lipinski definition) is 4. The molecule has 0 radical (unpaired) electrons. The summed E-state index contributed by atoms with van der Waals surface area (Å²) in [5.74, 6) is -0.648. The van der Waals surface area contributed by atoms with Gasteiger partial charge in [0.15, 0.2) is 9.84 Å². The summed E-state index contributed by atoms with van der Waals surface area (Å²) in [6.45, 7) is 17.1. The lowest BCUT2D eigenvalue weighted by molar-refractivity contribution is -0.133. The van der Waals surface area contributed by atoms with Gasteiger partial charge in [0, 0.05) is 30.6 Å². The van der Waals surface area contributed by atoms with Gasteiger partial charge in [-0.2, -0.15) is 5.10 Å². The van der Waals surface area contributed by atoms with Crippen molar-refractivity contribution in [2.45, 2.75) is 141 Å². The number of rotatable bonds is 12. The van der Waals surface area contributed by atoms with E-state index in [1.54, 1.807) is 10.7 Å². The van der Waals surface area contributed by atoms with Gasteiger partial charge in [0.25, 0.3) is 5.91 Å². The quantitative estimate of drug-likeness (QED) is 0.256. The topological polar surface area (TPSA) is 163 Å². The second-order valence-corrected chi connectivity index (χ2v) is 20.3. The summed E-state index contributed by atoms with van der Waals surface area (Å²) in [4.78, 5) is 43.8. The highest BCUT2D eigenvalue weighted by Crippen LogP contribution is 2.39. The fourth-order valence-electron chi connectivity index (χ4n) is 7.65. The Balaban J connectivity index is 1.65. The fraction of sp³-hybridized carbons (Fsp3) is 0.692. The lowest BCUT2D eigenvalue weighted by Gasteiger charge is -2.47. The maximum Gasteiger partial charge on any atom is 0.272 e. The molecule has 290 valence electrons. The van der Waals surface area contributed by atoms with Gasteiger partial charge in [-0.15, -0.1) is 0 Å². The number of β-amino-alcohol motifs (C(OH)–C–C–N with tert-alkyl or cyclic N) is 1. The predicted octanol–water partition coefficient (Wildman–Crippen LogP) is 3.75. The number of aliphatic hydroxyl groups excluding tert-OH is 1. The van der Waals surface area contributed by atoms with Crippen LogP contribution in [0.4, 0.5) is 0 Å². The van der Waals surface area contributed by atoms with E-state index in [1.165, 1.54) is 13.8 Å². The first-order valence-electron chi connectivity index (χ1n) is 18.6. The molecule has 6 atom stereocenters. The number of aliphatic hydroxyl groups is 1. The maximum atomic E-state index is 14.3. The van der Waals surface area contributed by atoms with Gasteiger partial charge in [0.05, 0.1) is 28.5 Å². The van der Waals surface area contributed by atoms with Crippen molar-refractivity contribution < 1.29 is 27.9 Å². The second-order valence-electron chi connectivity index (χ2n) is 17.7. The van der Waals surface area contributed by atoms with Gasteiger partial charge in [0.2, 0.25) is 11.8 Å². The Morgan fingerprint density at radius 1 is 0.962 bits per heavy atom. The van der Waals surface area contributed by atoms with Crippen molar-refractivity contribution in [3.63, 3.8) is 0 Å². The third-order valence-corrected chi connectivity index (χ3v) is 12.9. The fourth-order valence-corrected chi connectivity index (χ4v) is 8.24. The smallest absolute Gasteiger partial charge is 0.272 e. The molecule has 1 aromatic carbocycles. The first-order valence-corrected chi connectivity index (χ1v) is 20.5. The molecule has 1 aliphatic carbocycles. The summed E-state index contributed by atoms with van der Waals surface area (Å²) < 4.78 is 26.3. The van der Waals surface area contributed by atoms with Crippen LogP contribution in [0.25, 0.3) is 0 Å². The molecular formula is C39H62N6O6S. The normalized spacial score (nSPS) is 22.1. The number of hydrogen-bond acceptors (Lipinski definition) is 8. The third kappa shape index (κ3) is 10.2. The molecule has 13 heteroatoms. The molecule has 0 spiro atoms. The lowest BCUT2D eigenvalue weighted by Crippen LogP contribution is -2.64. The molecule has 2 aromatic rings. The highest BCUT2D eigenvalue weighted by Gasteiger charge is 2.46. The molecule has 1 saturated heterocycles. The van der Waals surface area contributed by atoms with Gasteiger partial charge in [-0.05, 0) is 105 Å². The maximum absolute atomic E-state index is 14.3. The highest BCUT2D eigenvalue weighted by molar-refractivity contribution is 7.92. The van der Waals surface area contributed by atoms with Gasteiger partial charge in [-0.3, -0.25) is 24.0 Å². The Bertz CT molecular complexity index is 1680. The molecule has 4 N–H and O–H groups in total. The average molecular weight is 743 g/mol.